The maximum absolute atomic E-state index is 12.4. The number of amides is 1. The van der Waals surface area contributed by atoms with Gasteiger partial charge in [-0.05, 0) is 40.6 Å². The topological polar surface area (TPSA) is 66.4 Å². The Labute approximate surface area is 133 Å². The van der Waals surface area contributed by atoms with Crippen LogP contribution in [0.25, 0.3) is 10.8 Å². The van der Waals surface area contributed by atoms with Gasteiger partial charge in [0.15, 0.2) is 0 Å². The molecule has 0 bridgehead atoms. The van der Waals surface area contributed by atoms with Crippen LogP contribution in [0.15, 0.2) is 66.7 Å². The first-order chi connectivity index (χ1) is 11.1. The summed E-state index contributed by atoms with van der Waals surface area (Å²) in [4.78, 5) is 23.1. The van der Waals surface area contributed by atoms with Gasteiger partial charge >= 0.3 is 5.97 Å². The van der Waals surface area contributed by atoms with Crippen molar-refractivity contribution in [1.82, 2.24) is 0 Å². The van der Waals surface area contributed by atoms with E-state index < -0.39 is 5.97 Å². The van der Waals surface area contributed by atoms with Crippen molar-refractivity contribution in [2.24, 2.45) is 0 Å². The first-order valence-electron chi connectivity index (χ1n) is 7.23. The molecule has 4 heteroatoms. The lowest BCUT2D eigenvalue weighted by Crippen LogP contribution is -2.12. The van der Waals surface area contributed by atoms with Gasteiger partial charge in [0.2, 0.25) is 0 Å². The third-order valence-corrected chi connectivity index (χ3v) is 3.55. The van der Waals surface area contributed by atoms with Crippen LogP contribution < -0.4 is 5.32 Å². The van der Waals surface area contributed by atoms with E-state index in [9.17, 15) is 9.59 Å². The predicted octanol–water partition coefficient (Wildman–Crippen LogP) is 3.72. The maximum Gasteiger partial charge on any atom is 0.307 e. The molecule has 1 amide bonds. The van der Waals surface area contributed by atoms with Gasteiger partial charge in [-0.2, -0.15) is 0 Å². The van der Waals surface area contributed by atoms with Gasteiger partial charge in [0, 0.05) is 11.3 Å². The normalized spacial score (nSPS) is 10.4. The Morgan fingerprint density at radius 1 is 0.870 bits per heavy atom. The average Bonchev–Trinajstić information content (AvgIpc) is 2.54. The number of carbonyl (C=O) groups excluding carboxylic acids is 1. The number of carboxylic acids is 1. The Morgan fingerprint density at radius 2 is 1.65 bits per heavy atom. The third-order valence-electron chi connectivity index (χ3n) is 3.55. The average molecular weight is 305 g/mol. The molecule has 2 N–H and O–H groups in total. The molecule has 3 aromatic rings. The van der Waals surface area contributed by atoms with Crippen LogP contribution >= 0.6 is 0 Å². The van der Waals surface area contributed by atoms with Crippen molar-refractivity contribution in [1.29, 1.82) is 0 Å². The molecule has 0 unspecified atom stereocenters. The molecule has 0 spiro atoms. The largest absolute Gasteiger partial charge is 0.481 e. The van der Waals surface area contributed by atoms with Gasteiger partial charge < -0.3 is 10.4 Å². The Balaban J connectivity index is 1.81. The summed E-state index contributed by atoms with van der Waals surface area (Å²) in [5.74, 6) is -1.12. The fraction of sp³-hybridized carbons (Fsp3) is 0.0526. The van der Waals surface area contributed by atoms with E-state index in [1.54, 1.807) is 30.3 Å². The molecule has 3 rings (SSSR count). The van der Waals surface area contributed by atoms with E-state index in [0.29, 0.717) is 16.8 Å². The highest BCUT2D eigenvalue weighted by Crippen LogP contribution is 2.17. The second-order valence-corrected chi connectivity index (χ2v) is 5.29. The molecule has 0 heterocycles. The number of nitrogens with one attached hydrogen (secondary N) is 1. The van der Waals surface area contributed by atoms with E-state index in [4.69, 9.17) is 5.11 Å². The van der Waals surface area contributed by atoms with Crippen LogP contribution in [0.4, 0.5) is 5.69 Å². The van der Waals surface area contributed by atoms with Gasteiger partial charge in [-0.1, -0.05) is 42.5 Å². The van der Waals surface area contributed by atoms with Crippen LogP contribution in [0.2, 0.25) is 0 Å². The minimum atomic E-state index is -0.900. The first-order valence-corrected chi connectivity index (χ1v) is 7.23. The van der Waals surface area contributed by atoms with E-state index >= 15 is 0 Å². The molecule has 0 aliphatic heterocycles. The second-order valence-electron chi connectivity index (χ2n) is 5.29. The Morgan fingerprint density at radius 3 is 2.43 bits per heavy atom. The van der Waals surface area contributed by atoms with Crippen LogP contribution in [0, 0.1) is 0 Å². The zero-order chi connectivity index (χ0) is 16.2. The van der Waals surface area contributed by atoms with Gasteiger partial charge in [-0.15, -0.1) is 0 Å². The van der Waals surface area contributed by atoms with Crippen molar-refractivity contribution in [3.05, 3.63) is 77.9 Å². The Bertz CT molecular complexity index is 886. The smallest absolute Gasteiger partial charge is 0.307 e. The van der Waals surface area contributed by atoms with Gasteiger partial charge in [0.1, 0.15) is 0 Å². The number of carboxylic acid groups (broad SMARTS) is 1. The Kier molecular flexibility index (Phi) is 4.06. The van der Waals surface area contributed by atoms with Crippen LogP contribution in [-0.4, -0.2) is 17.0 Å². The molecular weight excluding hydrogens is 290 g/mol. The minimum Gasteiger partial charge on any atom is -0.481 e. The summed E-state index contributed by atoms with van der Waals surface area (Å²) in [5, 5.41) is 13.7. The first kappa shape index (κ1) is 14.8. The van der Waals surface area contributed by atoms with Crippen LogP contribution in [0.3, 0.4) is 0 Å². The highest BCUT2D eigenvalue weighted by molar-refractivity contribution is 6.06. The molecule has 23 heavy (non-hydrogen) atoms. The fourth-order valence-corrected chi connectivity index (χ4v) is 2.47. The van der Waals surface area contributed by atoms with Crippen molar-refractivity contribution < 1.29 is 14.7 Å². The SMILES string of the molecule is O=C(O)Cc1cccc(NC(=O)c2ccc3ccccc3c2)c1. The molecule has 0 fully saturated rings. The third kappa shape index (κ3) is 3.55. The summed E-state index contributed by atoms with van der Waals surface area (Å²) in [7, 11) is 0. The van der Waals surface area contributed by atoms with Crippen molar-refractivity contribution in [3.63, 3.8) is 0 Å². The predicted molar refractivity (Wildman–Crippen MR) is 89.7 cm³/mol. The summed E-state index contributed by atoms with van der Waals surface area (Å²) < 4.78 is 0. The quantitative estimate of drug-likeness (QED) is 0.772. The number of carbonyl (C=O) groups is 2. The van der Waals surface area contributed by atoms with Crippen molar-refractivity contribution in [3.8, 4) is 0 Å². The van der Waals surface area contributed by atoms with Crippen LogP contribution in [0.5, 0.6) is 0 Å². The number of rotatable bonds is 4. The lowest BCUT2D eigenvalue weighted by molar-refractivity contribution is -0.136. The minimum absolute atomic E-state index is 0.0698. The summed E-state index contributed by atoms with van der Waals surface area (Å²) in [6.07, 6.45) is -0.0698. The molecule has 0 saturated carbocycles. The summed E-state index contributed by atoms with van der Waals surface area (Å²) in [5.41, 5.74) is 1.79. The highest BCUT2D eigenvalue weighted by atomic mass is 16.4. The number of benzene rings is 3. The zero-order valence-electron chi connectivity index (χ0n) is 12.3. The monoisotopic (exact) mass is 305 g/mol. The van der Waals surface area contributed by atoms with Crippen molar-refractivity contribution in [2.75, 3.05) is 5.32 Å². The van der Waals surface area contributed by atoms with Crippen LogP contribution in [-0.2, 0) is 11.2 Å². The summed E-state index contributed by atoms with van der Waals surface area (Å²) >= 11 is 0. The molecular formula is C19H15NO3. The zero-order valence-corrected chi connectivity index (χ0v) is 12.3. The molecule has 0 saturated heterocycles. The van der Waals surface area contributed by atoms with E-state index in [1.807, 2.05) is 36.4 Å². The Hall–Kier alpha value is -3.14. The summed E-state index contributed by atoms with van der Waals surface area (Å²) in [6.45, 7) is 0. The molecule has 0 radical (unpaired) electrons. The molecule has 114 valence electrons. The summed E-state index contributed by atoms with van der Waals surface area (Å²) in [6, 6.07) is 20.2. The van der Waals surface area contributed by atoms with Gasteiger partial charge in [0.05, 0.1) is 6.42 Å². The van der Waals surface area contributed by atoms with Gasteiger partial charge in [-0.25, -0.2) is 0 Å². The van der Waals surface area contributed by atoms with E-state index in [0.717, 1.165) is 10.8 Å². The number of aliphatic carboxylic acids is 1. The molecule has 3 aromatic carbocycles. The molecule has 0 atom stereocenters. The maximum atomic E-state index is 12.4. The molecule has 0 aromatic heterocycles. The van der Waals surface area contributed by atoms with Crippen molar-refractivity contribution in [2.45, 2.75) is 6.42 Å². The number of anilines is 1. The number of hydrogen-bond donors (Lipinski definition) is 2. The van der Waals surface area contributed by atoms with E-state index in [-0.39, 0.29) is 12.3 Å². The standard InChI is InChI=1S/C19H15NO3/c21-18(22)11-13-4-3-7-17(10-13)20-19(23)16-9-8-14-5-1-2-6-15(14)12-16/h1-10,12H,11H2,(H,20,23)(H,21,22). The lowest BCUT2D eigenvalue weighted by atomic mass is 10.1. The second kappa shape index (κ2) is 6.32. The highest BCUT2D eigenvalue weighted by Gasteiger charge is 2.08. The van der Waals surface area contributed by atoms with E-state index in [1.165, 1.54) is 0 Å². The van der Waals surface area contributed by atoms with Crippen molar-refractivity contribution >= 4 is 28.3 Å². The lowest BCUT2D eigenvalue weighted by Gasteiger charge is -2.08. The van der Waals surface area contributed by atoms with Crippen LogP contribution in [0.1, 0.15) is 15.9 Å². The molecule has 0 aliphatic rings. The van der Waals surface area contributed by atoms with E-state index in [2.05, 4.69) is 5.32 Å². The van der Waals surface area contributed by atoms with Gasteiger partial charge in [-0.3, -0.25) is 9.59 Å². The van der Waals surface area contributed by atoms with Gasteiger partial charge in [0.25, 0.3) is 5.91 Å². The number of hydrogen-bond acceptors (Lipinski definition) is 2. The molecule has 4 nitrogen and oxygen atoms in total. The fourth-order valence-electron chi connectivity index (χ4n) is 2.47. The molecule has 0 aliphatic carbocycles. The number of fused-ring (bicyclic) bond motifs is 1.